The fraction of sp³-hybridized carbons (Fsp3) is 0.238. The van der Waals surface area contributed by atoms with Gasteiger partial charge in [-0.25, -0.2) is 9.97 Å². The number of hydrogen-bond donors (Lipinski definition) is 1. The highest BCUT2D eigenvalue weighted by Crippen LogP contribution is 2.31. The van der Waals surface area contributed by atoms with Gasteiger partial charge >= 0.3 is 0 Å². The maximum absolute atomic E-state index is 5.59. The smallest absolute Gasteiger partial charge is 0.145 e. The fourth-order valence-electron chi connectivity index (χ4n) is 3.14. The van der Waals surface area contributed by atoms with Crippen molar-refractivity contribution in [3.8, 4) is 17.0 Å². The highest BCUT2D eigenvalue weighted by atomic mass is 16.5. The summed E-state index contributed by atoms with van der Waals surface area (Å²) in [4.78, 5) is 13.5. The van der Waals surface area contributed by atoms with Gasteiger partial charge in [0.1, 0.15) is 17.6 Å². The minimum atomic E-state index is 0.601. The molecule has 7 nitrogen and oxygen atoms in total. The second-order valence-corrected chi connectivity index (χ2v) is 6.70. The Balaban J connectivity index is 1.68. The van der Waals surface area contributed by atoms with Crippen LogP contribution in [0.25, 0.3) is 22.2 Å². The summed E-state index contributed by atoms with van der Waals surface area (Å²) in [5.41, 5.74) is 5.69. The molecular weight excluding hydrogens is 352 g/mol. The summed E-state index contributed by atoms with van der Waals surface area (Å²) < 4.78 is 7.39. The van der Waals surface area contributed by atoms with Crippen molar-refractivity contribution in [2.45, 2.75) is 20.0 Å². The standard InChI is InChI=1S/C21H22N6O/c1-14-4-5-18(23-10-14)15-8-17-19(12-22-11-16-6-7-27(2)26-16)24-13-25-21(17)20(9-15)28-3/h4-10,13,22H,11-12H2,1-3H3. The first-order chi connectivity index (χ1) is 13.6. The molecule has 1 N–H and O–H groups in total. The van der Waals surface area contributed by atoms with Crippen LogP contribution in [0.5, 0.6) is 5.75 Å². The average molecular weight is 374 g/mol. The lowest BCUT2D eigenvalue weighted by Gasteiger charge is -2.12. The summed E-state index contributed by atoms with van der Waals surface area (Å²) in [6, 6.07) is 10.1. The number of aromatic nitrogens is 5. The van der Waals surface area contributed by atoms with Crippen LogP contribution in [-0.4, -0.2) is 31.8 Å². The zero-order valence-corrected chi connectivity index (χ0v) is 16.2. The number of nitrogens with zero attached hydrogens (tertiary/aromatic N) is 5. The molecule has 0 aliphatic carbocycles. The lowest BCUT2D eigenvalue weighted by molar-refractivity contribution is 0.419. The van der Waals surface area contributed by atoms with E-state index >= 15 is 0 Å². The Morgan fingerprint density at radius 1 is 1.07 bits per heavy atom. The zero-order valence-electron chi connectivity index (χ0n) is 16.2. The molecule has 0 saturated heterocycles. The highest BCUT2D eigenvalue weighted by molar-refractivity contribution is 5.90. The third-order valence-electron chi connectivity index (χ3n) is 4.58. The molecule has 0 bridgehead atoms. The largest absolute Gasteiger partial charge is 0.494 e. The van der Waals surface area contributed by atoms with Crippen molar-refractivity contribution in [1.82, 2.24) is 30.0 Å². The Labute approximate surface area is 163 Å². The van der Waals surface area contributed by atoms with Crippen LogP contribution in [0, 0.1) is 6.92 Å². The minimum Gasteiger partial charge on any atom is -0.494 e. The van der Waals surface area contributed by atoms with Crippen molar-refractivity contribution in [2.24, 2.45) is 7.05 Å². The Bertz CT molecular complexity index is 1100. The first-order valence-electron chi connectivity index (χ1n) is 9.08. The molecular formula is C21H22N6O. The SMILES string of the molecule is COc1cc(-c2ccc(C)cn2)cc2c(CNCc3ccn(C)n3)ncnc12. The second-order valence-electron chi connectivity index (χ2n) is 6.70. The molecule has 4 rings (SSSR count). The van der Waals surface area contributed by atoms with Gasteiger partial charge in [-0.2, -0.15) is 5.10 Å². The lowest BCUT2D eigenvalue weighted by Crippen LogP contribution is -2.15. The van der Waals surface area contributed by atoms with Gasteiger partial charge in [0, 0.05) is 43.5 Å². The summed E-state index contributed by atoms with van der Waals surface area (Å²) >= 11 is 0. The number of benzene rings is 1. The van der Waals surface area contributed by atoms with Gasteiger partial charge < -0.3 is 10.1 Å². The molecule has 142 valence electrons. The molecule has 4 aromatic rings. The number of nitrogens with one attached hydrogen (secondary N) is 1. The Morgan fingerprint density at radius 2 is 1.96 bits per heavy atom. The topological polar surface area (TPSA) is 77.8 Å². The molecule has 0 amide bonds. The van der Waals surface area contributed by atoms with Gasteiger partial charge in [-0.05, 0) is 36.8 Å². The molecule has 0 unspecified atom stereocenters. The van der Waals surface area contributed by atoms with Crippen LogP contribution < -0.4 is 10.1 Å². The first-order valence-corrected chi connectivity index (χ1v) is 9.08. The molecule has 0 saturated carbocycles. The summed E-state index contributed by atoms with van der Waals surface area (Å²) in [7, 11) is 3.57. The number of aryl methyl sites for hydroxylation is 2. The lowest BCUT2D eigenvalue weighted by atomic mass is 10.0. The van der Waals surface area contributed by atoms with E-state index in [-0.39, 0.29) is 0 Å². The van der Waals surface area contributed by atoms with E-state index in [0.29, 0.717) is 18.8 Å². The third kappa shape index (κ3) is 3.70. The molecule has 0 aliphatic rings. The van der Waals surface area contributed by atoms with Gasteiger partial charge in [-0.3, -0.25) is 9.67 Å². The number of pyridine rings is 1. The van der Waals surface area contributed by atoms with E-state index in [1.165, 1.54) is 0 Å². The molecule has 0 radical (unpaired) electrons. The van der Waals surface area contributed by atoms with Crippen LogP contribution in [0.1, 0.15) is 17.0 Å². The van der Waals surface area contributed by atoms with Gasteiger partial charge in [0.2, 0.25) is 0 Å². The molecule has 3 aromatic heterocycles. The van der Waals surface area contributed by atoms with Crippen LogP contribution in [-0.2, 0) is 20.1 Å². The van der Waals surface area contributed by atoms with E-state index in [2.05, 4.69) is 37.5 Å². The molecule has 28 heavy (non-hydrogen) atoms. The van der Waals surface area contributed by atoms with Crippen molar-refractivity contribution in [3.05, 3.63) is 66.0 Å². The molecule has 1 aromatic carbocycles. The van der Waals surface area contributed by atoms with Gasteiger partial charge in [0.15, 0.2) is 0 Å². The quantitative estimate of drug-likeness (QED) is 0.559. The highest BCUT2D eigenvalue weighted by Gasteiger charge is 2.12. The number of hydrogen-bond acceptors (Lipinski definition) is 6. The summed E-state index contributed by atoms with van der Waals surface area (Å²) in [5.74, 6) is 0.711. The average Bonchev–Trinajstić information content (AvgIpc) is 3.13. The predicted molar refractivity (Wildman–Crippen MR) is 108 cm³/mol. The maximum atomic E-state index is 5.59. The molecule has 7 heteroatoms. The monoisotopic (exact) mass is 374 g/mol. The van der Waals surface area contributed by atoms with Gasteiger partial charge in [-0.1, -0.05) is 6.07 Å². The van der Waals surface area contributed by atoms with Crippen LogP contribution >= 0.6 is 0 Å². The Hall–Kier alpha value is -3.32. The van der Waals surface area contributed by atoms with E-state index in [1.807, 2.05) is 44.6 Å². The number of methoxy groups -OCH3 is 1. The maximum Gasteiger partial charge on any atom is 0.145 e. The Morgan fingerprint density at radius 3 is 2.68 bits per heavy atom. The van der Waals surface area contributed by atoms with E-state index in [4.69, 9.17) is 4.74 Å². The van der Waals surface area contributed by atoms with Crippen molar-refractivity contribution >= 4 is 10.9 Å². The number of rotatable bonds is 6. The minimum absolute atomic E-state index is 0.601. The van der Waals surface area contributed by atoms with E-state index in [1.54, 1.807) is 18.1 Å². The predicted octanol–water partition coefficient (Wildman–Crippen LogP) is 3.03. The molecule has 3 heterocycles. The van der Waals surface area contributed by atoms with Crippen molar-refractivity contribution in [2.75, 3.05) is 7.11 Å². The van der Waals surface area contributed by atoms with Crippen molar-refractivity contribution in [3.63, 3.8) is 0 Å². The van der Waals surface area contributed by atoms with Crippen molar-refractivity contribution in [1.29, 1.82) is 0 Å². The normalized spacial score (nSPS) is 11.1. The van der Waals surface area contributed by atoms with Crippen LogP contribution in [0.4, 0.5) is 0 Å². The fourth-order valence-corrected chi connectivity index (χ4v) is 3.14. The Kier molecular flexibility index (Phi) is 4.99. The van der Waals surface area contributed by atoms with E-state index in [0.717, 1.165) is 39.1 Å². The summed E-state index contributed by atoms with van der Waals surface area (Å²) in [5, 5.41) is 8.74. The van der Waals surface area contributed by atoms with Crippen molar-refractivity contribution < 1.29 is 4.74 Å². The van der Waals surface area contributed by atoms with Crippen LogP contribution in [0.2, 0.25) is 0 Å². The van der Waals surface area contributed by atoms with Gasteiger partial charge in [-0.15, -0.1) is 0 Å². The van der Waals surface area contributed by atoms with E-state index < -0.39 is 0 Å². The number of fused-ring (bicyclic) bond motifs is 1. The molecule has 0 aliphatic heterocycles. The van der Waals surface area contributed by atoms with Crippen LogP contribution in [0.3, 0.4) is 0 Å². The van der Waals surface area contributed by atoms with Gasteiger partial charge in [0.05, 0.1) is 24.2 Å². The van der Waals surface area contributed by atoms with E-state index in [9.17, 15) is 0 Å². The zero-order chi connectivity index (χ0) is 19.5. The summed E-state index contributed by atoms with van der Waals surface area (Å²) in [6.45, 7) is 3.29. The third-order valence-corrected chi connectivity index (χ3v) is 4.58. The molecule has 0 atom stereocenters. The second kappa shape index (κ2) is 7.74. The number of ether oxygens (including phenoxy) is 1. The molecule has 0 fully saturated rings. The first kappa shape index (κ1) is 18.1. The van der Waals surface area contributed by atoms with Crippen LogP contribution in [0.15, 0.2) is 49.1 Å². The molecule has 0 spiro atoms. The van der Waals surface area contributed by atoms with Gasteiger partial charge in [0.25, 0.3) is 0 Å². The summed E-state index contributed by atoms with van der Waals surface area (Å²) in [6.07, 6.45) is 5.37.